The van der Waals surface area contributed by atoms with Gasteiger partial charge in [-0.25, -0.2) is 4.98 Å². The van der Waals surface area contributed by atoms with E-state index >= 15 is 0 Å². The molecule has 3 heterocycles. The van der Waals surface area contributed by atoms with Gasteiger partial charge >= 0.3 is 0 Å². The van der Waals surface area contributed by atoms with Crippen LogP contribution in [0.3, 0.4) is 0 Å². The molecule has 27 heavy (non-hydrogen) atoms. The molecule has 0 aromatic carbocycles. The first-order valence-corrected chi connectivity index (χ1v) is 10.8. The van der Waals surface area contributed by atoms with Crippen molar-refractivity contribution < 1.29 is 9.21 Å². The van der Waals surface area contributed by atoms with Gasteiger partial charge in [-0.15, -0.1) is 0 Å². The standard InChI is InChI=1S/C21H34N4O2/c1-15(2)21-23-18(14-27-21)13-24-10-7-19(8-11-24)25-9-3-4-16(12-25)20(26)22-17-5-6-17/h14-17,19H,3-13H2,1-2H3,(H,22,26). The third-order valence-corrected chi connectivity index (χ3v) is 6.27. The molecule has 6 heteroatoms. The number of nitrogens with zero attached hydrogens (tertiary/aromatic N) is 3. The Morgan fingerprint density at radius 3 is 2.67 bits per heavy atom. The smallest absolute Gasteiger partial charge is 0.224 e. The summed E-state index contributed by atoms with van der Waals surface area (Å²) in [5.74, 6) is 1.67. The molecule has 3 fully saturated rings. The van der Waals surface area contributed by atoms with Gasteiger partial charge in [0, 0.05) is 44.2 Å². The van der Waals surface area contributed by atoms with Crippen molar-refractivity contribution in [2.75, 3.05) is 26.2 Å². The fourth-order valence-corrected chi connectivity index (χ4v) is 4.43. The molecular weight excluding hydrogens is 340 g/mol. The van der Waals surface area contributed by atoms with Crippen LogP contribution in [0.1, 0.15) is 69.9 Å². The van der Waals surface area contributed by atoms with Crippen molar-refractivity contribution >= 4 is 5.91 Å². The molecule has 1 aromatic heterocycles. The van der Waals surface area contributed by atoms with Crippen LogP contribution in [0, 0.1) is 5.92 Å². The van der Waals surface area contributed by atoms with Crippen molar-refractivity contribution in [3.05, 3.63) is 17.8 Å². The van der Waals surface area contributed by atoms with Gasteiger partial charge in [-0.3, -0.25) is 14.6 Å². The van der Waals surface area contributed by atoms with Crippen molar-refractivity contribution in [2.24, 2.45) is 5.92 Å². The number of aromatic nitrogens is 1. The molecule has 0 radical (unpaired) electrons. The van der Waals surface area contributed by atoms with Gasteiger partial charge < -0.3 is 9.73 Å². The summed E-state index contributed by atoms with van der Waals surface area (Å²) in [6.07, 6.45) is 8.74. The van der Waals surface area contributed by atoms with E-state index in [4.69, 9.17) is 4.42 Å². The average Bonchev–Trinajstić information content (AvgIpc) is 3.37. The summed E-state index contributed by atoms with van der Waals surface area (Å²) in [6.45, 7) is 9.41. The van der Waals surface area contributed by atoms with Crippen LogP contribution in [0.5, 0.6) is 0 Å². The molecule has 1 saturated carbocycles. The van der Waals surface area contributed by atoms with Gasteiger partial charge in [0.25, 0.3) is 0 Å². The molecule has 1 amide bonds. The Morgan fingerprint density at radius 1 is 1.22 bits per heavy atom. The van der Waals surface area contributed by atoms with Crippen molar-refractivity contribution in [3.8, 4) is 0 Å². The van der Waals surface area contributed by atoms with E-state index in [0.29, 0.717) is 23.9 Å². The highest BCUT2D eigenvalue weighted by atomic mass is 16.3. The van der Waals surface area contributed by atoms with Gasteiger partial charge in [-0.1, -0.05) is 13.8 Å². The highest BCUT2D eigenvalue weighted by molar-refractivity contribution is 5.79. The Labute approximate surface area is 162 Å². The number of amides is 1. The van der Waals surface area contributed by atoms with Gasteiger partial charge in [0.15, 0.2) is 5.89 Å². The van der Waals surface area contributed by atoms with Gasteiger partial charge in [0.05, 0.1) is 11.6 Å². The molecule has 4 rings (SSSR count). The van der Waals surface area contributed by atoms with Crippen LogP contribution in [0.2, 0.25) is 0 Å². The normalized spacial score (nSPS) is 25.8. The van der Waals surface area contributed by atoms with Crippen LogP contribution in [0.15, 0.2) is 10.7 Å². The second-order valence-electron chi connectivity index (χ2n) is 8.96. The molecule has 2 saturated heterocycles. The molecule has 2 aliphatic heterocycles. The zero-order valence-corrected chi connectivity index (χ0v) is 16.8. The van der Waals surface area contributed by atoms with Gasteiger partial charge in [0.2, 0.25) is 5.91 Å². The number of oxazole rings is 1. The zero-order valence-electron chi connectivity index (χ0n) is 16.8. The summed E-state index contributed by atoms with van der Waals surface area (Å²) >= 11 is 0. The molecule has 3 aliphatic rings. The quantitative estimate of drug-likeness (QED) is 0.830. The van der Waals surface area contributed by atoms with E-state index in [1.165, 1.54) is 25.7 Å². The van der Waals surface area contributed by atoms with E-state index in [1.54, 1.807) is 0 Å². The fraction of sp³-hybridized carbons (Fsp3) is 0.810. The first-order valence-electron chi connectivity index (χ1n) is 10.8. The van der Waals surface area contributed by atoms with Crippen LogP contribution < -0.4 is 5.32 Å². The number of carbonyl (C=O) groups excluding carboxylic acids is 1. The van der Waals surface area contributed by atoms with Gasteiger partial charge in [0.1, 0.15) is 6.26 Å². The molecule has 150 valence electrons. The minimum atomic E-state index is 0.196. The number of hydrogen-bond donors (Lipinski definition) is 1. The lowest BCUT2D eigenvalue weighted by atomic mass is 9.93. The summed E-state index contributed by atoms with van der Waals surface area (Å²) in [7, 11) is 0. The predicted molar refractivity (Wildman–Crippen MR) is 104 cm³/mol. The Kier molecular flexibility index (Phi) is 5.83. The third-order valence-electron chi connectivity index (χ3n) is 6.27. The number of nitrogens with one attached hydrogen (secondary N) is 1. The van der Waals surface area contributed by atoms with E-state index in [-0.39, 0.29) is 5.92 Å². The maximum absolute atomic E-state index is 12.4. The van der Waals surface area contributed by atoms with E-state index in [1.807, 2.05) is 6.26 Å². The number of hydrogen-bond acceptors (Lipinski definition) is 5. The lowest BCUT2D eigenvalue weighted by Crippen LogP contribution is -2.50. The lowest BCUT2D eigenvalue weighted by molar-refractivity contribution is -0.127. The minimum absolute atomic E-state index is 0.196. The average molecular weight is 375 g/mol. The second kappa shape index (κ2) is 8.31. The highest BCUT2D eigenvalue weighted by Gasteiger charge is 2.33. The molecule has 1 aliphatic carbocycles. The molecule has 6 nitrogen and oxygen atoms in total. The molecular formula is C21H34N4O2. The first kappa shape index (κ1) is 18.9. The van der Waals surface area contributed by atoms with Crippen LogP contribution in [0.4, 0.5) is 0 Å². The number of carbonyl (C=O) groups is 1. The van der Waals surface area contributed by atoms with E-state index in [0.717, 1.165) is 57.2 Å². The highest BCUT2D eigenvalue weighted by Crippen LogP contribution is 2.26. The fourth-order valence-electron chi connectivity index (χ4n) is 4.43. The third kappa shape index (κ3) is 4.91. The summed E-state index contributed by atoms with van der Waals surface area (Å²) in [5.41, 5.74) is 1.05. The van der Waals surface area contributed by atoms with E-state index < -0.39 is 0 Å². The van der Waals surface area contributed by atoms with Crippen molar-refractivity contribution in [2.45, 2.75) is 76.9 Å². The monoisotopic (exact) mass is 374 g/mol. The lowest BCUT2D eigenvalue weighted by Gasteiger charge is -2.42. The Bertz CT molecular complexity index is 632. The van der Waals surface area contributed by atoms with Crippen LogP contribution >= 0.6 is 0 Å². The van der Waals surface area contributed by atoms with E-state index in [9.17, 15) is 4.79 Å². The van der Waals surface area contributed by atoms with Gasteiger partial charge in [-0.2, -0.15) is 0 Å². The molecule has 1 unspecified atom stereocenters. The topological polar surface area (TPSA) is 61.6 Å². The maximum atomic E-state index is 12.4. The molecule has 1 aromatic rings. The summed E-state index contributed by atoms with van der Waals surface area (Å²) in [6, 6.07) is 1.10. The van der Waals surface area contributed by atoms with Crippen molar-refractivity contribution in [1.29, 1.82) is 0 Å². The Balaban J connectivity index is 1.23. The van der Waals surface area contributed by atoms with Crippen LogP contribution in [-0.4, -0.2) is 59.0 Å². The predicted octanol–water partition coefficient (Wildman–Crippen LogP) is 2.75. The van der Waals surface area contributed by atoms with Crippen LogP contribution in [0.25, 0.3) is 0 Å². The van der Waals surface area contributed by atoms with Crippen molar-refractivity contribution in [1.82, 2.24) is 20.1 Å². The second-order valence-corrected chi connectivity index (χ2v) is 8.96. The summed E-state index contributed by atoms with van der Waals surface area (Å²) in [5, 5.41) is 3.20. The Hall–Kier alpha value is -1.40. The van der Waals surface area contributed by atoms with Crippen LogP contribution in [-0.2, 0) is 11.3 Å². The Morgan fingerprint density at radius 2 is 2.00 bits per heavy atom. The molecule has 1 N–H and O–H groups in total. The summed E-state index contributed by atoms with van der Waals surface area (Å²) in [4.78, 5) is 22.1. The molecule has 0 spiro atoms. The van der Waals surface area contributed by atoms with E-state index in [2.05, 4.69) is 33.9 Å². The number of rotatable bonds is 6. The first-order chi connectivity index (χ1) is 13.1. The summed E-state index contributed by atoms with van der Waals surface area (Å²) < 4.78 is 5.57. The van der Waals surface area contributed by atoms with Gasteiger partial charge in [-0.05, 0) is 45.1 Å². The minimum Gasteiger partial charge on any atom is -0.448 e. The number of piperidine rings is 2. The largest absolute Gasteiger partial charge is 0.448 e. The van der Waals surface area contributed by atoms with Crippen molar-refractivity contribution in [3.63, 3.8) is 0 Å². The molecule has 1 atom stereocenters. The zero-order chi connectivity index (χ0) is 18.8. The SMILES string of the molecule is CC(C)c1nc(CN2CCC(N3CCCC(C(=O)NC4CC4)C3)CC2)co1. The number of likely N-dealkylation sites (tertiary alicyclic amines) is 2. The molecule has 0 bridgehead atoms. The maximum Gasteiger partial charge on any atom is 0.224 e.